The minimum absolute atomic E-state index is 0.0796. The molecule has 0 spiro atoms. The molecule has 0 aromatic heterocycles. The van der Waals surface area contributed by atoms with Crippen molar-refractivity contribution in [2.24, 2.45) is 0 Å². The molecule has 4 aromatic carbocycles. The molecule has 4 aromatic rings. The largest absolute Gasteiger partial charge is 0.493 e. The second-order valence-corrected chi connectivity index (χ2v) is 12.1. The number of rotatable bonds is 13. The predicted octanol–water partition coefficient (Wildman–Crippen LogP) is 4.59. The molecule has 0 bridgehead atoms. The van der Waals surface area contributed by atoms with Gasteiger partial charge < -0.3 is 19.7 Å². The fourth-order valence-corrected chi connectivity index (χ4v) is 6.27. The van der Waals surface area contributed by atoms with Gasteiger partial charge in [0, 0.05) is 26.1 Å². The highest BCUT2D eigenvalue weighted by Crippen LogP contribution is 2.32. The molecule has 4 rings (SSSR count). The molecule has 0 saturated carbocycles. The average Bonchev–Trinajstić information content (AvgIpc) is 3.06. The number of nitrogens with one attached hydrogen (secondary N) is 1. The number of benzene rings is 4. The molecule has 0 radical (unpaired) electrons. The molecule has 44 heavy (non-hydrogen) atoms. The van der Waals surface area contributed by atoms with Gasteiger partial charge in [0.1, 0.15) is 12.6 Å². The van der Waals surface area contributed by atoms with Crippen molar-refractivity contribution < 1.29 is 27.5 Å². The van der Waals surface area contributed by atoms with Crippen LogP contribution in [-0.4, -0.2) is 59.0 Å². The Labute approximate surface area is 259 Å². The van der Waals surface area contributed by atoms with E-state index in [4.69, 9.17) is 9.47 Å². The first-order chi connectivity index (χ1) is 21.2. The molecule has 1 N–H and O–H groups in total. The van der Waals surface area contributed by atoms with Crippen LogP contribution in [0.25, 0.3) is 0 Å². The van der Waals surface area contributed by atoms with E-state index in [1.165, 1.54) is 44.4 Å². The summed E-state index contributed by atoms with van der Waals surface area (Å²) in [5.41, 5.74) is 3.01. The second kappa shape index (κ2) is 14.6. The lowest BCUT2D eigenvalue weighted by Gasteiger charge is -2.33. The number of hydrogen-bond acceptors (Lipinski definition) is 6. The first-order valence-corrected chi connectivity index (χ1v) is 15.5. The van der Waals surface area contributed by atoms with Gasteiger partial charge in [-0.15, -0.1) is 0 Å². The average molecular weight is 616 g/mol. The number of sulfonamides is 1. The number of ether oxygens (including phenoxy) is 2. The Bertz CT molecular complexity index is 1660. The van der Waals surface area contributed by atoms with Crippen LogP contribution >= 0.6 is 0 Å². The van der Waals surface area contributed by atoms with Gasteiger partial charge in [0.15, 0.2) is 11.5 Å². The molecule has 0 aliphatic carbocycles. The van der Waals surface area contributed by atoms with E-state index in [-0.39, 0.29) is 29.5 Å². The molecule has 0 aliphatic heterocycles. The Hall–Kier alpha value is -4.83. The number of carbonyl (C=O) groups is 2. The third-order valence-corrected chi connectivity index (χ3v) is 9.03. The summed E-state index contributed by atoms with van der Waals surface area (Å²) in [4.78, 5) is 29.1. The van der Waals surface area contributed by atoms with Gasteiger partial charge in [-0.2, -0.15) is 0 Å². The number of methoxy groups -OCH3 is 2. The molecule has 10 heteroatoms. The number of anilines is 1. The maximum absolute atomic E-state index is 14.3. The molecule has 0 unspecified atom stereocenters. The van der Waals surface area contributed by atoms with Crippen molar-refractivity contribution in [3.05, 3.63) is 120 Å². The fourth-order valence-electron chi connectivity index (χ4n) is 4.84. The van der Waals surface area contributed by atoms with E-state index in [0.29, 0.717) is 11.4 Å². The Balaban J connectivity index is 1.78. The molecule has 0 fully saturated rings. The smallest absolute Gasteiger partial charge is 0.264 e. The van der Waals surface area contributed by atoms with E-state index in [0.717, 1.165) is 21.0 Å². The van der Waals surface area contributed by atoms with Crippen LogP contribution < -0.4 is 19.1 Å². The second-order valence-electron chi connectivity index (χ2n) is 10.2. The maximum atomic E-state index is 14.3. The van der Waals surface area contributed by atoms with Crippen molar-refractivity contribution in [1.29, 1.82) is 0 Å². The first kappa shape index (κ1) is 32.1. The van der Waals surface area contributed by atoms with E-state index in [9.17, 15) is 18.0 Å². The highest BCUT2D eigenvalue weighted by Gasteiger charge is 2.34. The van der Waals surface area contributed by atoms with Crippen molar-refractivity contribution in [2.75, 3.05) is 32.1 Å². The van der Waals surface area contributed by atoms with Crippen molar-refractivity contribution in [1.82, 2.24) is 10.2 Å². The zero-order valence-electron chi connectivity index (χ0n) is 25.3. The lowest BCUT2D eigenvalue weighted by Crippen LogP contribution is -2.53. The first-order valence-electron chi connectivity index (χ1n) is 14.1. The zero-order valence-corrected chi connectivity index (χ0v) is 26.1. The van der Waals surface area contributed by atoms with Crippen molar-refractivity contribution in [3.63, 3.8) is 0 Å². The number of likely N-dealkylation sites (N-methyl/N-ethyl adjacent to an activating group) is 1. The monoisotopic (exact) mass is 615 g/mol. The van der Waals surface area contributed by atoms with Crippen LogP contribution in [-0.2, 0) is 32.6 Å². The molecule has 0 saturated heterocycles. The van der Waals surface area contributed by atoms with Crippen LogP contribution in [0.4, 0.5) is 5.69 Å². The van der Waals surface area contributed by atoms with Crippen molar-refractivity contribution in [3.8, 4) is 11.5 Å². The summed E-state index contributed by atoms with van der Waals surface area (Å²) in [5.74, 6) is -0.296. The maximum Gasteiger partial charge on any atom is 0.264 e. The SMILES string of the molecule is CNC(=O)[C@@H](Cc1ccccc1)N(Cc1ccc(C)cc1)C(=O)CN(c1ccccc1)S(=O)(=O)c1ccc(OC)c(OC)c1. The summed E-state index contributed by atoms with van der Waals surface area (Å²) in [5, 5.41) is 2.69. The van der Waals surface area contributed by atoms with Crippen LogP contribution in [0.2, 0.25) is 0 Å². The topological polar surface area (TPSA) is 105 Å². The Morgan fingerprint density at radius 2 is 1.41 bits per heavy atom. The summed E-state index contributed by atoms with van der Waals surface area (Å²) < 4.78 is 40.1. The Morgan fingerprint density at radius 3 is 2.00 bits per heavy atom. The molecule has 1 atom stereocenters. The number of hydrogen-bond donors (Lipinski definition) is 1. The van der Waals surface area contributed by atoms with Crippen molar-refractivity contribution in [2.45, 2.75) is 30.8 Å². The molecule has 230 valence electrons. The normalized spacial score (nSPS) is 11.7. The van der Waals surface area contributed by atoms with E-state index < -0.39 is 28.5 Å². The van der Waals surface area contributed by atoms with Gasteiger partial charge in [-0.05, 0) is 42.3 Å². The van der Waals surface area contributed by atoms with Gasteiger partial charge >= 0.3 is 0 Å². The molecular weight excluding hydrogens is 578 g/mol. The van der Waals surface area contributed by atoms with Gasteiger partial charge in [0.25, 0.3) is 10.0 Å². The van der Waals surface area contributed by atoms with Crippen LogP contribution in [0.15, 0.2) is 108 Å². The van der Waals surface area contributed by atoms with Gasteiger partial charge in [0.2, 0.25) is 11.8 Å². The number of para-hydroxylation sites is 1. The minimum Gasteiger partial charge on any atom is -0.493 e. The van der Waals surface area contributed by atoms with E-state index in [1.807, 2.05) is 61.5 Å². The highest BCUT2D eigenvalue weighted by atomic mass is 32.2. The Kier molecular flexibility index (Phi) is 10.6. The molecule has 0 heterocycles. The predicted molar refractivity (Wildman–Crippen MR) is 170 cm³/mol. The van der Waals surface area contributed by atoms with Gasteiger partial charge in [0.05, 0.1) is 24.8 Å². The standard InChI is InChI=1S/C34H37N3O6S/c1-25-15-17-27(18-16-25)23-36(30(34(39)35-2)21-26-11-7-5-8-12-26)33(38)24-37(28-13-9-6-10-14-28)44(40,41)29-19-20-31(42-3)32(22-29)43-4/h5-20,22,30H,21,23-24H2,1-4H3,(H,35,39)/t30-/m1/s1. The molecular formula is C34H37N3O6S. The van der Waals surface area contributed by atoms with E-state index in [1.54, 1.807) is 30.3 Å². The van der Waals surface area contributed by atoms with Crippen LogP contribution in [0.5, 0.6) is 11.5 Å². The summed E-state index contributed by atoms with van der Waals surface area (Å²) >= 11 is 0. The molecule has 9 nitrogen and oxygen atoms in total. The highest BCUT2D eigenvalue weighted by molar-refractivity contribution is 7.92. The van der Waals surface area contributed by atoms with E-state index >= 15 is 0 Å². The summed E-state index contributed by atoms with van der Waals surface area (Å²) in [6, 6.07) is 28.8. The summed E-state index contributed by atoms with van der Waals surface area (Å²) in [7, 11) is 0.119. The fraction of sp³-hybridized carbons (Fsp3) is 0.235. The van der Waals surface area contributed by atoms with Gasteiger partial charge in [-0.1, -0.05) is 78.4 Å². The minimum atomic E-state index is -4.28. The van der Waals surface area contributed by atoms with Crippen molar-refractivity contribution >= 4 is 27.5 Å². The number of aryl methyl sites for hydroxylation is 1. The lowest BCUT2D eigenvalue weighted by molar-refractivity contribution is -0.139. The Morgan fingerprint density at radius 1 is 0.795 bits per heavy atom. The number of carbonyl (C=O) groups excluding carboxylic acids is 2. The number of nitrogens with zero attached hydrogens (tertiary/aromatic N) is 2. The molecule has 0 aliphatic rings. The summed E-state index contributed by atoms with van der Waals surface area (Å²) in [6.07, 6.45) is 0.242. The quantitative estimate of drug-likeness (QED) is 0.236. The van der Waals surface area contributed by atoms with Gasteiger partial charge in [-0.3, -0.25) is 13.9 Å². The van der Waals surface area contributed by atoms with Gasteiger partial charge in [-0.25, -0.2) is 8.42 Å². The zero-order chi connectivity index (χ0) is 31.7. The summed E-state index contributed by atoms with van der Waals surface area (Å²) in [6.45, 7) is 1.52. The number of amides is 2. The van der Waals surface area contributed by atoms with Crippen LogP contribution in [0.1, 0.15) is 16.7 Å². The van der Waals surface area contributed by atoms with E-state index in [2.05, 4.69) is 5.32 Å². The third kappa shape index (κ3) is 7.57. The molecule has 2 amide bonds. The third-order valence-electron chi connectivity index (χ3n) is 7.26. The van der Waals surface area contributed by atoms with Crippen LogP contribution in [0, 0.1) is 6.92 Å². The lowest BCUT2D eigenvalue weighted by atomic mass is 10.0. The van der Waals surface area contributed by atoms with Crippen LogP contribution in [0.3, 0.4) is 0 Å².